The SMILES string of the molecule is Cc1ccc(N(C)C)cc1.Cc1ccc2ccccc2c1. The Hall–Kier alpha value is -2.28. The molecular weight excluding hydrogens is 254 g/mol. The molecule has 0 aliphatic carbocycles. The molecule has 0 unspecified atom stereocenters. The maximum Gasteiger partial charge on any atom is 0.0361 e. The van der Waals surface area contributed by atoms with E-state index in [1.807, 2.05) is 14.1 Å². The minimum atomic E-state index is 1.26. The first-order valence-corrected chi connectivity index (χ1v) is 7.25. The van der Waals surface area contributed by atoms with Gasteiger partial charge in [-0.3, -0.25) is 0 Å². The van der Waals surface area contributed by atoms with Gasteiger partial charge in [-0.15, -0.1) is 0 Å². The van der Waals surface area contributed by atoms with E-state index in [0.29, 0.717) is 0 Å². The van der Waals surface area contributed by atoms with Crippen LogP contribution in [-0.4, -0.2) is 14.1 Å². The quantitative estimate of drug-likeness (QED) is 0.590. The number of aryl methyl sites for hydroxylation is 2. The zero-order chi connectivity index (χ0) is 15.2. The first kappa shape index (κ1) is 15.1. The first-order valence-electron chi connectivity index (χ1n) is 7.25. The van der Waals surface area contributed by atoms with E-state index in [1.54, 1.807) is 0 Å². The number of nitrogens with zero attached hydrogens (tertiary/aromatic N) is 1. The van der Waals surface area contributed by atoms with Crippen molar-refractivity contribution in [1.29, 1.82) is 0 Å². The summed E-state index contributed by atoms with van der Waals surface area (Å²) in [4.78, 5) is 2.10. The van der Waals surface area contributed by atoms with Gasteiger partial charge in [0, 0.05) is 19.8 Å². The van der Waals surface area contributed by atoms with Gasteiger partial charge in [0.25, 0.3) is 0 Å². The fourth-order valence-corrected chi connectivity index (χ4v) is 2.15. The Morgan fingerprint density at radius 1 is 0.619 bits per heavy atom. The summed E-state index contributed by atoms with van der Waals surface area (Å²) in [5.41, 5.74) is 3.89. The molecule has 0 saturated heterocycles. The standard InChI is InChI=1S/C11H10.C9H13N/c1-9-6-7-10-4-2-3-5-11(10)8-9;1-8-4-6-9(7-5-8)10(2)3/h2-8H,1H3;4-7H,1-3H3. The van der Waals surface area contributed by atoms with E-state index >= 15 is 0 Å². The summed E-state index contributed by atoms with van der Waals surface area (Å²) in [6.45, 7) is 4.21. The molecule has 0 heterocycles. The Kier molecular flexibility index (Phi) is 4.99. The van der Waals surface area contributed by atoms with E-state index in [9.17, 15) is 0 Å². The van der Waals surface area contributed by atoms with E-state index in [1.165, 1.54) is 27.6 Å². The van der Waals surface area contributed by atoms with Crippen molar-refractivity contribution in [2.45, 2.75) is 13.8 Å². The Labute approximate surface area is 127 Å². The van der Waals surface area contributed by atoms with E-state index in [2.05, 4.69) is 85.5 Å². The molecule has 21 heavy (non-hydrogen) atoms. The number of hydrogen-bond donors (Lipinski definition) is 0. The van der Waals surface area contributed by atoms with Gasteiger partial charge in [0.2, 0.25) is 0 Å². The Balaban J connectivity index is 0.000000155. The summed E-state index contributed by atoms with van der Waals surface area (Å²) in [6.07, 6.45) is 0. The van der Waals surface area contributed by atoms with Gasteiger partial charge >= 0.3 is 0 Å². The van der Waals surface area contributed by atoms with Gasteiger partial charge in [-0.2, -0.15) is 0 Å². The average molecular weight is 277 g/mol. The van der Waals surface area contributed by atoms with Crippen molar-refractivity contribution in [2.24, 2.45) is 0 Å². The second-order valence-corrected chi connectivity index (χ2v) is 5.58. The van der Waals surface area contributed by atoms with Crippen LogP contribution in [0.25, 0.3) is 10.8 Å². The van der Waals surface area contributed by atoms with Crippen LogP contribution in [0.4, 0.5) is 5.69 Å². The molecule has 0 atom stereocenters. The third kappa shape index (κ3) is 4.35. The molecule has 0 N–H and O–H groups in total. The molecule has 0 aliphatic heterocycles. The lowest BCUT2D eigenvalue weighted by Crippen LogP contribution is -2.07. The van der Waals surface area contributed by atoms with Crippen LogP contribution in [0.1, 0.15) is 11.1 Å². The Morgan fingerprint density at radius 3 is 1.81 bits per heavy atom. The van der Waals surface area contributed by atoms with Crippen LogP contribution in [0.3, 0.4) is 0 Å². The van der Waals surface area contributed by atoms with Crippen LogP contribution in [0.15, 0.2) is 66.7 Å². The summed E-state index contributed by atoms with van der Waals surface area (Å²) >= 11 is 0. The second kappa shape index (κ2) is 6.94. The topological polar surface area (TPSA) is 3.24 Å². The molecule has 0 spiro atoms. The second-order valence-electron chi connectivity index (χ2n) is 5.58. The zero-order valence-corrected chi connectivity index (χ0v) is 13.3. The van der Waals surface area contributed by atoms with Crippen LogP contribution in [-0.2, 0) is 0 Å². The highest BCUT2D eigenvalue weighted by Crippen LogP contribution is 2.14. The Morgan fingerprint density at radius 2 is 1.19 bits per heavy atom. The number of fused-ring (bicyclic) bond motifs is 1. The fourth-order valence-electron chi connectivity index (χ4n) is 2.15. The molecule has 0 saturated carbocycles. The van der Waals surface area contributed by atoms with Crippen molar-refractivity contribution < 1.29 is 0 Å². The molecule has 1 heteroatoms. The third-order valence-corrected chi connectivity index (χ3v) is 3.46. The number of rotatable bonds is 1. The van der Waals surface area contributed by atoms with Crippen LogP contribution in [0, 0.1) is 13.8 Å². The summed E-state index contributed by atoms with van der Waals surface area (Å²) < 4.78 is 0. The van der Waals surface area contributed by atoms with Crippen LogP contribution >= 0.6 is 0 Å². The highest BCUT2D eigenvalue weighted by atomic mass is 15.1. The maximum atomic E-state index is 2.20. The van der Waals surface area contributed by atoms with Gasteiger partial charge in [0.1, 0.15) is 0 Å². The molecule has 3 rings (SSSR count). The molecule has 0 amide bonds. The number of benzene rings is 3. The predicted molar refractivity (Wildman–Crippen MR) is 94.2 cm³/mol. The van der Waals surface area contributed by atoms with Crippen LogP contribution in [0.2, 0.25) is 0 Å². The molecular formula is C20H23N. The lowest BCUT2D eigenvalue weighted by Gasteiger charge is -2.11. The molecule has 1 nitrogen and oxygen atoms in total. The van der Waals surface area contributed by atoms with E-state index in [4.69, 9.17) is 0 Å². The van der Waals surface area contributed by atoms with Crippen molar-refractivity contribution in [3.8, 4) is 0 Å². The highest BCUT2D eigenvalue weighted by molar-refractivity contribution is 5.82. The smallest absolute Gasteiger partial charge is 0.0361 e. The summed E-state index contributed by atoms with van der Waals surface area (Å²) in [5.74, 6) is 0. The van der Waals surface area contributed by atoms with Crippen molar-refractivity contribution in [2.75, 3.05) is 19.0 Å². The van der Waals surface area contributed by atoms with Gasteiger partial charge < -0.3 is 4.90 Å². The number of anilines is 1. The predicted octanol–water partition coefficient (Wildman–Crippen LogP) is 5.21. The minimum Gasteiger partial charge on any atom is -0.378 e. The summed E-state index contributed by atoms with van der Waals surface area (Å²) in [5, 5.41) is 2.64. The highest BCUT2D eigenvalue weighted by Gasteiger charge is 1.91. The van der Waals surface area contributed by atoms with Crippen LogP contribution < -0.4 is 4.90 Å². The normalized spacial score (nSPS) is 9.90. The van der Waals surface area contributed by atoms with Crippen molar-refractivity contribution in [3.05, 3.63) is 77.9 Å². The third-order valence-electron chi connectivity index (χ3n) is 3.46. The minimum absolute atomic E-state index is 1.26. The van der Waals surface area contributed by atoms with Gasteiger partial charge in [-0.05, 0) is 36.8 Å². The van der Waals surface area contributed by atoms with Crippen molar-refractivity contribution in [3.63, 3.8) is 0 Å². The van der Waals surface area contributed by atoms with Gasteiger partial charge in [0.05, 0.1) is 0 Å². The lowest BCUT2D eigenvalue weighted by molar-refractivity contribution is 1.13. The summed E-state index contributed by atoms with van der Waals surface area (Å²) in [6, 6.07) is 23.4. The lowest BCUT2D eigenvalue weighted by atomic mass is 10.1. The molecule has 3 aromatic carbocycles. The van der Waals surface area contributed by atoms with Crippen LogP contribution in [0.5, 0.6) is 0 Å². The molecule has 0 aliphatic rings. The maximum absolute atomic E-state index is 2.20. The van der Waals surface area contributed by atoms with E-state index in [0.717, 1.165) is 0 Å². The van der Waals surface area contributed by atoms with Gasteiger partial charge in [-0.25, -0.2) is 0 Å². The fraction of sp³-hybridized carbons (Fsp3) is 0.200. The first-order chi connectivity index (χ1) is 10.1. The monoisotopic (exact) mass is 277 g/mol. The average Bonchev–Trinajstić information content (AvgIpc) is 2.48. The largest absolute Gasteiger partial charge is 0.378 e. The Bertz CT molecular complexity index is 696. The molecule has 108 valence electrons. The summed E-state index contributed by atoms with van der Waals surface area (Å²) in [7, 11) is 4.09. The van der Waals surface area contributed by atoms with Crippen molar-refractivity contribution in [1.82, 2.24) is 0 Å². The molecule has 3 aromatic rings. The van der Waals surface area contributed by atoms with E-state index in [-0.39, 0.29) is 0 Å². The number of hydrogen-bond acceptors (Lipinski definition) is 1. The van der Waals surface area contributed by atoms with Crippen molar-refractivity contribution >= 4 is 16.5 Å². The zero-order valence-electron chi connectivity index (χ0n) is 13.3. The van der Waals surface area contributed by atoms with E-state index < -0.39 is 0 Å². The molecule has 0 bridgehead atoms. The van der Waals surface area contributed by atoms with Gasteiger partial charge in [0.15, 0.2) is 0 Å². The molecule has 0 fully saturated rings. The molecule has 0 aromatic heterocycles. The molecule has 0 radical (unpaired) electrons. The van der Waals surface area contributed by atoms with Gasteiger partial charge in [-0.1, -0.05) is 65.7 Å².